The van der Waals surface area contributed by atoms with Crippen molar-refractivity contribution < 1.29 is 8.42 Å². The molecule has 1 saturated heterocycles. The molecule has 0 bridgehead atoms. The molecule has 6 nitrogen and oxygen atoms in total. The SMILES string of the molecule is Cc1ccnc(S(=O)(=O)N2CCNCC2C)n1. The van der Waals surface area contributed by atoms with E-state index in [0.29, 0.717) is 25.3 Å². The molecule has 1 aromatic heterocycles. The molecule has 94 valence electrons. The Balaban J connectivity index is 2.35. The van der Waals surface area contributed by atoms with Crippen LogP contribution in [-0.4, -0.2) is 48.4 Å². The fourth-order valence-corrected chi connectivity index (χ4v) is 3.38. The van der Waals surface area contributed by atoms with Crippen LogP contribution >= 0.6 is 0 Å². The van der Waals surface area contributed by atoms with Crippen LogP contribution in [0.15, 0.2) is 17.4 Å². The van der Waals surface area contributed by atoms with Gasteiger partial charge in [0.1, 0.15) is 0 Å². The van der Waals surface area contributed by atoms with Crippen LogP contribution in [-0.2, 0) is 10.0 Å². The molecule has 0 amide bonds. The Morgan fingerprint density at radius 3 is 2.94 bits per heavy atom. The maximum atomic E-state index is 12.3. The quantitative estimate of drug-likeness (QED) is 0.740. The highest BCUT2D eigenvalue weighted by molar-refractivity contribution is 7.89. The molecule has 0 saturated carbocycles. The van der Waals surface area contributed by atoms with Crippen LogP contribution in [0.2, 0.25) is 0 Å². The Morgan fingerprint density at radius 1 is 1.53 bits per heavy atom. The maximum Gasteiger partial charge on any atom is 0.279 e. The molecule has 1 aliphatic heterocycles. The fraction of sp³-hybridized carbons (Fsp3) is 0.600. The van der Waals surface area contributed by atoms with Gasteiger partial charge in [-0.15, -0.1) is 0 Å². The number of aryl methyl sites for hydroxylation is 1. The number of piperazine rings is 1. The average molecular weight is 256 g/mol. The molecular weight excluding hydrogens is 240 g/mol. The molecular formula is C10H16N4O2S. The Morgan fingerprint density at radius 2 is 2.29 bits per heavy atom. The van der Waals surface area contributed by atoms with E-state index < -0.39 is 10.0 Å². The zero-order valence-corrected chi connectivity index (χ0v) is 10.7. The molecule has 0 aromatic carbocycles. The third-order valence-electron chi connectivity index (χ3n) is 2.75. The van der Waals surface area contributed by atoms with E-state index in [4.69, 9.17) is 0 Å². The minimum absolute atomic E-state index is 0.0714. The van der Waals surface area contributed by atoms with Gasteiger partial charge in [-0.2, -0.15) is 4.31 Å². The summed E-state index contributed by atoms with van der Waals surface area (Å²) in [7, 11) is -3.56. The van der Waals surface area contributed by atoms with Crippen molar-refractivity contribution >= 4 is 10.0 Å². The largest absolute Gasteiger partial charge is 0.314 e. The number of rotatable bonds is 2. The summed E-state index contributed by atoms with van der Waals surface area (Å²) in [5.41, 5.74) is 0.654. The predicted molar refractivity (Wildman–Crippen MR) is 63.0 cm³/mol. The highest BCUT2D eigenvalue weighted by atomic mass is 32.2. The molecule has 1 aliphatic rings. The van der Waals surface area contributed by atoms with Crippen LogP contribution in [0.25, 0.3) is 0 Å². The average Bonchev–Trinajstić information content (AvgIpc) is 2.29. The summed E-state index contributed by atoms with van der Waals surface area (Å²) in [6.45, 7) is 5.41. The summed E-state index contributed by atoms with van der Waals surface area (Å²) in [5, 5.41) is 3.05. The van der Waals surface area contributed by atoms with E-state index in [0.717, 1.165) is 0 Å². The van der Waals surface area contributed by atoms with Crippen molar-refractivity contribution in [3.05, 3.63) is 18.0 Å². The third kappa shape index (κ3) is 2.46. The Kier molecular flexibility index (Phi) is 3.41. The molecule has 1 unspecified atom stereocenters. The van der Waals surface area contributed by atoms with E-state index in [1.165, 1.54) is 10.5 Å². The van der Waals surface area contributed by atoms with Gasteiger partial charge in [0.2, 0.25) is 0 Å². The third-order valence-corrected chi connectivity index (χ3v) is 4.57. The molecule has 0 radical (unpaired) electrons. The van der Waals surface area contributed by atoms with Crippen molar-refractivity contribution in [3.8, 4) is 0 Å². The number of hydrogen-bond acceptors (Lipinski definition) is 5. The zero-order chi connectivity index (χ0) is 12.5. The van der Waals surface area contributed by atoms with Gasteiger partial charge < -0.3 is 5.32 Å². The topological polar surface area (TPSA) is 75.2 Å². The molecule has 7 heteroatoms. The van der Waals surface area contributed by atoms with Gasteiger partial charge in [0.25, 0.3) is 15.2 Å². The highest BCUT2D eigenvalue weighted by Crippen LogP contribution is 2.15. The number of nitrogens with zero attached hydrogens (tertiary/aromatic N) is 3. The lowest BCUT2D eigenvalue weighted by atomic mass is 10.3. The smallest absolute Gasteiger partial charge is 0.279 e. The standard InChI is InChI=1S/C10H16N4O2S/c1-8-3-4-12-10(13-8)17(15,16)14-6-5-11-7-9(14)2/h3-4,9,11H,5-7H2,1-2H3. The van der Waals surface area contributed by atoms with Gasteiger partial charge in [-0.25, -0.2) is 18.4 Å². The summed E-state index contributed by atoms with van der Waals surface area (Å²) < 4.78 is 26.1. The summed E-state index contributed by atoms with van der Waals surface area (Å²) in [4.78, 5) is 7.85. The molecule has 1 N–H and O–H groups in total. The minimum Gasteiger partial charge on any atom is -0.314 e. The van der Waals surface area contributed by atoms with Crippen molar-refractivity contribution in [2.24, 2.45) is 0 Å². The summed E-state index contributed by atoms with van der Waals surface area (Å²) >= 11 is 0. The van der Waals surface area contributed by atoms with Gasteiger partial charge in [-0.3, -0.25) is 0 Å². The first-order chi connectivity index (χ1) is 8.01. The lowest BCUT2D eigenvalue weighted by molar-refractivity contribution is 0.282. The van der Waals surface area contributed by atoms with Gasteiger partial charge in [0.05, 0.1) is 0 Å². The number of hydrogen-bond donors (Lipinski definition) is 1. The van der Waals surface area contributed by atoms with Crippen molar-refractivity contribution in [1.29, 1.82) is 0 Å². The van der Waals surface area contributed by atoms with E-state index in [-0.39, 0.29) is 11.2 Å². The fourth-order valence-electron chi connectivity index (χ4n) is 1.83. The molecule has 2 heterocycles. The highest BCUT2D eigenvalue weighted by Gasteiger charge is 2.32. The van der Waals surface area contributed by atoms with Gasteiger partial charge >= 0.3 is 0 Å². The van der Waals surface area contributed by atoms with Crippen LogP contribution in [0.5, 0.6) is 0 Å². The number of aromatic nitrogens is 2. The number of nitrogens with one attached hydrogen (secondary N) is 1. The van der Waals surface area contributed by atoms with Gasteiger partial charge in [-0.05, 0) is 19.9 Å². The van der Waals surface area contributed by atoms with Crippen LogP contribution < -0.4 is 5.32 Å². The van der Waals surface area contributed by atoms with Crippen molar-refractivity contribution in [2.75, 3.05) is 19.6 Å². The van der Waals surface area contributed by atoms with E-state index in [1.807, 2.05) is 6.92 Å². The van der Waals surface area contributed by atoms with Gasteiger partial charge in [0, 0.05) is 37.6 Å². The van der Waals surface area contributed by atoms with E-state index in [2.05, 4.69) is 15.3 Å². The Hall–Kier alpha value is -1.05. The first-order valence-electron chi connectivity index (χ1n) is 5.54. The van der Waals surface area contributed by atoms with Gasteiger partial charge in [-0.1, -0.05) is 0 Å². The first-order valence-corrected chi connectivity index (χ1v) is 6.98. The Labute approximate surface area is 101 Å². The first kappa shape index (κ1) is 12.4. The molecule has 2 rings (SSSR count). The molecule has 1 fully saturated rings. The van der Waals surface area contributed by atoms with Crippen LogP contribution in [0.3, 0.4) is 0 Å². The predicted octanol–water partition coefficient (Wildman–Crippen LogP) is -0.233. The Bertz CT molecular complexity index is 503. The van der Waals surface area contributed by atoms with E-state index >= 15 is 0 Å². The lowest BCUT2D eigenvalue weighted by Gasteiger charge is -2.32. The summed E-state index contributed by atoms with van der Waals surface area (Å²) in [6.07, 6.45) is 1.47. The monoisotopic (exact) mass is 256 g/mol. The molecule has 0 aliphatic carbocycles. The van der Waals surface area contributed by atoms with Crippen molar-refractivity contribution in [2.45, 2.75) is 25.0 Å². The van der Waals surface area contributed by atoms with Crippen LogP contribution in [0.1, 0.15) is 12.6 Å². The number of sulfonamides is 1. The minimum atomic E-state index is -3.56. The zero-order valence-electron chi connectivity index (χ0n) is 9.92. The van der Waals surface area contributed by atoms with E-state index in [1.54, 1.807) is 13.0 Å². The summed E-state index contributed by atoms with van der Waals surface area (Å²) in [6, 6.07) is 1.61. The van der Waals surface area contributed by atoms with E-state index in [9.17, 15) is 8.42 Å². The molecule has 1 aromatic rings. The normalized spacial score (nSPS) is 22.6. The van der Waals surface area contributed by atoms with Crippen LogP contribution in [0, 0.1) is 6.92 Å². The second-order valence-corrected chi connectivity index (χ2v) is 5.93. The molecule has 1 atom stereocenters. The second kappa shape index (κ2) is 4.67. The molecule has 17 heavy (non-hydrogen) atoms. The summed E-state index contributed by atoms with van der Waals surface area (Å²) in [5.74, 6) is 0. The maximum absolute atomic E-state index is 12.3. The van der Waals surface area contributed by atoms with Gasteiger partial charge in [0.15, 0.2) is 0 Å². The second-order valence-electron chi connectivity index (χ2n) is 4.15. The molecule has 0 spiro atoms. The lowest BCUT2D eigenvalue weighted by Crippen LogP contribution is -2.52. The van der Waals surface area contributed by atoms with Crippen LogP contribution in [0.4, 0.5) is 0 Å². The van der Waals surface area contributed by atoms with Crippen molar-refractivity contribution in [1.82, 2.24) is 19.6 Å². The van der Waals surface area contributed by atoms with Crippen molar-refractivity contribution in [3.63, 3.8) is 0 Å².